The molecule has 10 heavy (non-hydrogen) atoms. The fourth-order valence-electron chi connectivity index (χ4n) is 1.06. The molecule has 1 saturated heterocycles. The van der Waals surface area contributed by atoms with Crippen LogP contribution in [0.4, 0.5) is 0 Å². The summed E-state index contributed by atoms with van der Waals surface area (Å²) in [5.41, 5.74) is 0. The van der Waals surface area contributed by atoms with E-state index in [2.05, 4.69) is 25.1 Å². The summed E-state index contributed by atoms with van der Waals surface area (Å²) in [6.07, 6.45) is 2.15. The Bertz CT molecular complexity index is 109. The van der Waals surface area contributed by atoms with Crippen LogP contribution >= 0.6 is 11.8 Å². The molecule has 1 heterocycles. The van der Waals surface area contributed by atoms with Crippen molar-refractivity contribution in [3.63, 3.8) is 0 Å². The van der Waals surface area contributed by atoms with Crippen molar-refractivity contribution in [1.29, 1.82) is 0 Å². The molecular weight excluding hydrogens is 146 g/mol. The van der Waals surface area contributed by atoms with Crippen molar-refractivity contribution >= 4 is 11.8 Å². The van der Waals surface area contributed by atoms with Crippen molar-refractivity contribution in [2.45, 2.75) is 11.8 Å². The Morgan fingerprint density at radius 2 is 2.20 bits per heavy atom. The minimum absolute atomic E-state index is 0.300. The van der Waals surface area contributed by atoms with Crippen LogP contribution in [0.15, 0.2) is 0 Å². The minimum atomic E-state index is 0.300. The summed E-state index contributed by atoms with van der Waals surface area (Å²) in [6.45, 7) is 5.05. The van der Waals surface area contributed by atoms with Gasteiger partial charge in [-0.1, -0.05) is 6.92 Å². The number of hydrogen-bond donors (Lipinski definition) is 0. The molecule has 1 aliphatic rings. The van der Waals surface area contributed by atoms with E-state index in [1.165, 1.54) is 0 Å². The lowest BCUT2D eigenvalue weighted by atomic mass is 10.2. The van der Waals surface area contributed by atoms with Crippen LogP contribution in [-0.4, -0.2) is 42.8 Å². The van der Waals surface area contributed by atoms with Gasteiger partial charge in [0.05, 0.1) is 13.2 Å². The molecule has 0 bridgehead atoms. The maximum absolute atomic E-state index is 5.19. The molecule has 0 aromatic carbocycles. The Kier molecular flexibility index (Phi) is 2.61. The van der Waals surface area contributed by atoms with Gasteiger partial charge < -0.3 is 4.74 Å². The smallest absolute Gasteiger partial charge is 0.114 e. The van der Waals surface area contributed by atoms with Gasteiger partial charge in [-0.25, -0.2) is 0 Å². The zero-order valence-corrected chi connectivity index (χ0v) is 7.70. The minimum Gasteiger partial charge on any atom is -0.376 e. The summed E-state index contributed by atoms with van der Waals surface area (Å²) in [5.74, 6) is 0. The van der Waals surface area contributed by atoms with Gasteiger partial charge in [0.1, 0.15) is 4.87 Å². The van der Waals surface area contributed by atoms with Crippen LogP contribution in [0, 0.1) is 0 Å². The maximum atomic E-state index is 5.19. The molecule has 0 radical (unpaired) electrons. The zero-order chi connectivity index (χ0) is 7.61. The summed E-state index contributed by atoms with van der Waals surface area (Å²) in [6, 6.07) is 0. The SMILES string of the molecule is CCN(C)C1(SC)COC1. The van der Waals surface area contributed by atoms with Crippen molar-refractivity contribution < 1.29 is 4.74 Å². The first-order valence-electron chi connectivity index (χ1n) is 3.59. The first-order valence-corrected chi connectivity index (χ1v) is 4.82. The second-order valence-corrected chi connectivity index (χ2v) is 3.83. The summed E-state index contributed by atoms with van der Waals surface area (Å²) >= 11 is 1.89. The average molecular weight is 161 g/mol. The van der Waals surface area contributed by atoms with Crippen molar-refractivity contribution in [3.8, 4) is 0 Å². The van der Waals surface area contributed by atoms with E-state index in [0.717, 1.165) is 19.8 Å². The Hall–Kier alpha value is 0.270. The number of hydrogen-bond acceptors (Lipinski definition) is 3. The molecule has 2 nitrogen and oxygen atoms in total. The molecule has 0 aromatic rings. The van der Waals surface area contributed by atoms with E-state index in [0.29, 0.717) is 4.87 Å². The standard InChI is InChI=1S/C7H15NOS/c1-4-8(2)7(10-3)5-9-6-7/h4-6H2,1-3H3. The predicted octanol–water partition coefficient (Wildman–Crippen LogP) is 1.03. The lowest BCUT2D eigenvalue weighted by Crippen LogP contribution is -2.58. The van der Waals surface area contributed by atoms with Crippen LogP contribution in [0.25, 0.3) is 0 Å². The molecule has 0 atom stereocenters. The normalized spacial score (nSPS) is 22.8. The van der Waals surface area contributed by atoms with Crippen molar-refractivity contribution in [3.05, 3.63) is 0 Å². The van der Waals surface area contributed by atoms with E-state index in [9.17, 15) is 0 Å². The Morgan fingerprint density at radius 3 is 2.30 bits per heavy atom. The zero-order valence-electron chi connectivity index (χ0n) is 6.89. The number of nitrogens with zero attached hydrogens (tertiary/aromatic N) is 1. The molecule has 1 rings (SSSR count). The highest BCUT2D eigenvalue weighted by Gasteiger charge is 2.40. The van der Waals surface area contributed by atoms with Crippen LogP contribution in [0.5, 0.6) is 0 Å². The highest BCUT2D eigenvalue weighted by atomic mass is 32.2. The van der Waals surface area contributed by atoms with E-state index in [-0.39, 0.29) is 0 Å². The molecule has 1 aliphatic heterocycles. The third kappa shape index (κ3) is 1.18. The van der Waals surface area contributed by atoms with Crippen molar-refractivity contribution in [2.24, 2.45) is 0 Å². The Labute approximate surface area is 66.9 Å². The van der Waals surface area contributed by atoms with Gasteiger partial charge in [-0.3, -0.25) is 4.90 Å². The molecule has 1 fully saturated rings. The van der Waals surface area contributed by atoms with E-state index >= 15 is 0 Å². The maximum Gasteiger partial charge on any atom is 0.114 e. The quantitative estimate of drug-likeness (QED) is 0.574. The fourth-order valence-corrected chi connectivity index (χ4v) is 1.90. The molecule has 60 valence electrons. The molecule has 0 amide bonds. The van der Waals surface area contributed by atoms with Gasteiger partial charge in [-0.2, -0.15) is 0 Å². The second-order valence-electron chi connectivity index (χ2n) is 2.66. The molecule has 0 aliphatic carbocycles. The van der Waals surface area contributed by atoms with Gasteiger partial charge >= 0.3 is 0 Å². The van der Waals surface area contributed by atoms with E-state index in [1.54, 1.807) is 0 Å². The average Bonchev–Trinajstić information content (AvgIpc) is 1.86. The second kappa shape index (κ2) is 3.11. The topological polar surface area (TPSA) is 12.5 Å². The number of rotatable bonds is 3. The van der Waals surface area contributed by atoms with Gasteiger partial charge in [-0.15, -0.1) is 11.8 Å². The van der Waals surface area contributed by atoms with Gasteiger partial charge in [0.2, 0.25) is 0 Å². The van der Waals surface area contributed by atoms with Crippen LogP contribution in [-0.2, 0) is 4.74 Å². The molecule has 0 saturated carbocycles. The highest BCUT2D eigenvalue weighted by Crippen LogP contribution is 2.33. The molecular formula is C7H15NOS. The molecule has 0 unspecified atom stereocenters. The van der Waals surface area contributed by atoms with Crippen LogP contribution < -0.4 is 0 Å². The van der Waals surface area contributed by atoms with Crippen LogP contribution in [0.3, 0.4) is 0 Å². The molecule has 0 N–H and O–H groups in total. The van der Waals surface area contributed by atoms with Crippen LogP contribution in [0.2, 0.25) is 0 Å². The molecule has 3 heteroatoms. The summed E-state index contributed by atoms with van der Waals surface area (Å²) < 4.78 is 5.19. The Balaban J connectivity index is 2.46. The number of likely N-dealkylation sites (N-methyl/N-ethyl adjacent to an activating group) is 1. The van der Waals surface area contributed by atoms with Crippen molar-refractivity contribution in [1.82, 2.24) is 4.90 Å². The lowest BCUT2D eigenvalue weighted by Gasteiger charge is -2.46. The van der Waals surface area contributed by atoms with Gasteiger partial charge in [0, 0.05) is 0 Å². The summed E-state index contributed by atoms with van der Waals surface area (Å²) in [5, 5.41) is 0. The summed E-state index contributed by atoms with van der Waals surface area (Å²) in [7, 11) is 2.15. The molecule has 0 spiro atoms. The summed E-state index contributed by atoms with van der Waals surface area (Å²) in [4.78, 5) is 2.65. The van der Waals surface area contributed by atoms with Gasteiger partial charge in [0.15, 0.2) is 0 Å². The predicted molar refractivity (Wildman–Crippen MR) is 45.4 cm³/mol. The monoisotopic (exact) mass is 161 g/mol. The van der Waals surface area contributed by atoms with Crippen molar-refractivity contribution in [2.75, 3.05) is 33.1 Å². The first-order chi connectivity index (χ1) is 4.75. The van der Waals surface area contributed by atoms with E-state index in [1.807, 2.05) is 11.8 Å². The largest absolute Gasteiger partial charge is 0.376 e. The van der Waals surface area contributed by atoms with Crippen LogP contribution in [0.1, 0.15) is 6.92 Å². The number of thioether (sulfide) groups is 1. The first kappa shape index (κ1) is 8.37. The van der Waals surface area contributed by atoms with Gasteiger partial charge in [0.25, 0.3) is 0 Å². The lowest BCUT2D eigenvalue weighted by molar-refractivity contribution is -0.0758. The Morgan fingerprint density at radius 1 is 1.60 bits per heavy atom. The number of ether oxygens (including phenoxy) is 1. The molecule has 0 aromatic heterocycles. The highest BCUT2D eigenvalue weighted by molar-refractivity contribution is 8.00. The third-order valence-corrected chi connectivity index (χ3v) is 3.51. The van der Waals surface area contributed by atoms with E-state index < -0.39 is 0 Å². The third-order valence-electron chi connectivity index (χ3n) is 2.21. The fraction of sp³-hybridized carbons (Fsp3) is 1.00. The van der Waals surface area contributed by atoms with E-state index in [4.69, 9.17) is 4.74 Å². The van der Waals surface area contributed by atoms with Gasteiger partial charge in [-0.05, 0) is 19.8 Å².